The number of aromatic nitrogens is 1. The molecule has 1 fully saturated rings. The summed E-state index contributed by atoms with van der Waals surface area (Å²) >= 11 is 1.54. The molecule has 0 radical (unpaired) electrons. The number of anilines is 1. The summed E-state index contributed by atoms with van der Waals surface area (Å²) in [5.74, 6) is 0.823. The molecule has 2 aromatic carbocycles. The third-order valence-electron chi connectivity index (χ3n) is 5.36. The van der Waals surface area contributed by atoms with Crippen LogP contribution in [0.1, 0.15) is 29.3 Å². The van der Waals surface area contributed by atoms with Gasteiger partial charge in [-0.15, -0.1) is 0 Å². The van der Waals surface area contributed by atoms with Crippen molar-refractivity contribution in [2.24, 2.45) is 0 Å². The minimum Gasteiger partial charge on any atom is -0.494 e. The van der Waals surface area contributed by atoms with Gasteiger partial charge in [-0.05, 0) is 50.6 Å². The minimum atomic E-state index is -0.00485. The number of rotatable bonds is 8. The van der Waals surface area contributed by atoms with Gasteiger partial charge in [0.05, 0.1) is 30.0 Å². The molecule has 2 heterocycles. The number of morpholine rings is 1. The Morgan fingerprint density at radius 1 is 1.23 bits per heavy atom. The summed E-state index contributed by atoms with van der Waals surface area (Å²) in [6.07, 6.45) is 0.887. The summed E-state index contributed by atoms with van der Waals surface area (Å²) in [5.41, 5.74) is 2.66. The molecule has 31 heavy (non-hydrogen) atoms. The van der Waals surface area contributed by atoms with Crippen LogP contribution in [0.15, 0.2) is 42.5 Å². The highest BCUT2D eigenvalue weighted by molar-refractivity contribution is 7.22. The van der Waals surface area contributed by atoms with Crippen molar-refractivity contribution in [1.82, 2.24) is 9.88 Å². The number of carbonyl (C=O) groups excluding carboxylic acids is 1. The van der Waals surface area contributed by atoms with Gasteiger partial charge in [-0.1, -0.05) is 29.0 Å². The first kappa shape index (κ1) is 21.7. The molecule has 0 atom stereocenters. The van der Waals surface area contributed by atoms with Gasteiger partial charge in [-0.3, -0.25) is 14.6 Å². The van der Waals surface area contributed by atoms with Crippen LogP contribution < -0.4 is 9.64 Å². The molecule has 3 aromatic rings. The normalized spacial score (nSPS) is 14.6. The van der Waals surface area contributed by atoms with Crippen LogP contribution in [-0.4, -0.2) is 61.8 Å². The summed E-state index contributed by atoms with van der Waals surface area (Å²) in [6, 6.07) is 13.7. The lowest BCUT2D eigenvalue weighted by Crippen LogP contribution is -2.39. The van der Waals surface area contributed by atoms with Gasteiger partial charge in [0.15, 0.2) is 5.13 Å². The molecule has 1 aromatic heterocycles. The monoisotopic (exact) mass is 439 g/mol. The fraction of sp³-hybridized carbons (Fsp3) is 0.417. The number of benzene rings is 2. The average Bonchev–Trinajstić information content (AvgIpc) is 3.20. The van der Waals surface area contributed by atoms with Gasteiger partial charge in [0.2, 0.25) is 0 Å². The van der Waals surface area contributed by atoms with E-state index in [9.17, 15) is 4.79 Å². The Balaban J connectivity index is 1.57. The second kappa shape index (κ2) is 10.2. The lowest BCUT2D eigenvalue weighted by atomic mass is 10.1. The average molecular weight is 440 g/mol. The Kier molecular flexibility index (Phi) is 7.17. The van der Waals surface area contributed by atoms with Crippen molar-refractivity contribution in [3.05, 3.63) is 53.6 Å². The molecule has 1 amide bonds. The Morgan fingerprint density at radius 3 is 2.84 bits per heavy atom. The summed E-state index contributed by atoms with van der Waals surface area (Å²) < 4.78 is 12.1. The number of ether oxygens (including phenoxy) is 2. The SMILES string of the molecule is CCOc1ccc2nc(N(CCCN3CCOCC3)C(=O)c3cccc(C)c3)sc2c1. The highest BCUT2D eigenvalue weighted by Crippen LogP contribution is 2.32. The van der Waals surface area contributed by atoms with Gasteiger partial charge < -0.3 is 9.47 Å². The summed E-state index contributed by atoms with van der Waals surface area (Å²) in [4.78, 5) is 22.5. The number of fused-ring (bicyclic) bond motifs is 1. The van der Waals surface area contributed by atoms with Gasteiger partial charge in [-0.2, -0.15) is 0 Å². The molecule has 0 bridgehead atoms. The zero-order valence-electron chi connectivity index (χ0n) is 18.2. The summed E-state index contributed by atoms with van der Waals surface area (Å²) in [7, 11) is 0. The van der Waals surface area contributed by atoms with Gasteiger partial charge in [0.25, 0.3) is 5.91 Å². The maximum absolute atomic E-state index is 13.5. The Morgan fingerprint density at radius 2 is 2.06 bits per heavy atom. The fourth-order valence-electron chi connectivity index (χ4n) is 3.76. The minimum absolute atomic E-state index is 0.00485. The topological polar surface area (TPSA) is 54.9 Å². The first-order valence-electron chi connectivity index (χ1n) is 10.9. The van der Waals surface area contributed by atoms with Gasteiger partial charge in [-0.25, -0.2) is 4.98 Å². The Hall–Kier alpha value is -2.48. The molecule has 1 aliphatic rings. The Labute approximate surface area is 187 Å². The van der Waals surface area contributed by atoms with Crippen molar-refractivity contribution in [1.29, 1.82) is 0 Å². The highest BCUT2D eigenvalue weighted by atomic mass is 32.1. The van der Waals surface area contributed by atoms with E-state index in [2.05, 4.69) is 4.90 Å². The van der Waals surface area contributed by atoms with E-state index in [-0.39, 0.29) is 5.91 Å². The number of amides is 1. The fourth-order valence-corrected chi connectivity index (χ4v) is 4.78. The standard InChI is InChI=1S/C24H29N3O3S/c1-3-30-20-8-9-21-22(17-20)31-24(25-21)27(11-5-10-26-12-14-29-15-13-26)23(28)19-7-4-6-18(2)16-19/h4,6-9,16-17H,3,5,10-15H2,1-2H3. The van der Waals surface area contributed by atoms with Crippen molar-refractivity contribution in [3.8, 4) is 5.75 Å². The smallest absolute Gasteiger partial charge is 0.260 e. The lowest BCUT2D eigenvalue weighted by molar-refractivity contribution is 0.0376. The molecular weight excluding hydrogens is 410 g/mol. The molecule has 1 aliphatic heterocycles. The molecule has 0 saturated carbocycles. The lowest BCUT2D eigenvalue weighted by Gasteiger charge is -2.27. The van der Waals surface area contributed by atoms with Crippen LogP contribution in [0.5, 0.6) is 5.75 Å². The number of nitrogens with zero attached hydrogens (tertiary/aromatic N) is 3. The molecule has 1 saturated heterocycles. The van der Waals surface area contributed by atoms with Crippen LogP contribution in [0.2, 0.25) is 0 Å². The van der Waals surface area contributed by atoms with E-state index in [1.54, 1.807) is 0 Å². The molecule has 4 rings (SSSR count). The quantitative estimate of drug-likeness (QED) is 0.522. The van der Waals surface area contributed by atoms with E-state index in [0.29, 0.717) is 18.7 Å². The van der Waals surface area contributed by atoms with Crippen LogP contribution in [0, 0.1) is 6.92 Å². The number of aryl methyl sites for hydroxylation is 1. The third-order valence-corrected chi connectivity index (χ3v) is 6.40. The van der Waals surface area contributed by atoms with Gasteiger partial charge in [0.1, 0.15) is 5.75 Å². The van der Waals surface area contributed by atoms with Crippen molar-refractivity contribution in [3.63, 3.8) is 0 Å². The van der Waals surface area contributed by atoms with Crippen LogP contribution in [-0.2, 0) is 4.74 Å². The second-order valence-electron chi connectivity index (χ2n) is 7.69. The van der Waals surface area contributed by atoms with Crippen molar-refractivity contribution in [2.75, 3.05) is 50.9 Å². The molecule has 7 heteroatoms. The van der Waals surface area contributed by atoms with Crippen LogP contribution in [0.25, 0.3) is 10.2 Å². The molecule has 6 nitrogen and oxygen atoms in total. The van der Waals surface area contributed by atoms with E-state index in [4.69, 9.17) is 14.5 Å². The number of carbonyl (C=O) groups is 1. The molecule has 0 unspecified atom stereocenters. The molecular formula is C24H29N3O3S. The van der Waals surface area contributed by atoms with E-state index in [0.717, 1.165) is 65.9 Å². The van der Waals surface area contributed by atoms with Crippen molar-refractivity contribution < 1.29 is 14.3 Å². The van der Waals surface area contributed by atoms with Crippen LogP contribution in [0.4, 0.5) is 5.13 Å². The predicted octanol–water partition coefficient (Wildman–Crippen LogP) is 4.37. The summed E-state index contributed by atoms with van der Waals surface area (Å²) in [5, 5.41) is 0.733. The van der Waals surface area contributed by atoms with E-state index >= 15 is 0 Å². The molecule has 164 valence electrons. The number of hydrogen-bond donors (Lipinski definition) is 0. The third kappa shape index (κ3) is 5.42. The Bertz CT molecular complexity index is 1030. The van der Waals surface area contributed by atoms with E-state index in [1.807, 2.05) is 61.2 Å². The zero-order valence-corrected chi connectivity index (χ0v) is 19.0. The molecule has 0 aliphatic carbocycles. The van der Waals surface area contributed by atoms with Gasteiger partial charge in [0, 0.05) is 31.7 Å². The highest BCUT2D eigenvalue weighted by Gasteiger charge is 2.22. The first-order valence-corrected chi connectivity index (χ1v) is 11.7. The largest absolute Gasteiger partial charge is 0.494 e. The number of hydrogen-bond acceptors (Lipinski definition) is 6. The summed E-state index contributed by atoms with van der Waals surface area (Å²) in [6.45, 7) is 9.64. The van der Waals surface area contributed by atoms with E-state index < -0.39 is 0 Å². The molecule has 0 N–H and O–H groups in total. The second-order valence-corrected chi connectivity index (χ2v) is 8.70. The maximum atomic E-state index is 13.5. The van der Waals surface area contributed by atoms with Gasteiger partial charge >= 0.3 is 0 Å². The number of thiazole rings is 1. The van der Waals surface area contributed by atoms with Crippen LogP contribution >= 0.6 is 11.3 Å². The van der Waals surface area contributed by atoms with Crippen molar-refractivity contribution >= 4 is 32.6 Å². The first-order chi connectivity index (χ1) is 15.1. The zero-order chi connectivity index (χ0) is 21.6. The maximum Gasteiger partial charge on any atom is 0.260 e. The van der Waals surface area contributed by atoms with Crippen molar-refractivity contribution in [2.45, 2.75) is 20.3 Å². The van der Waals surface area contributed by atoms with Crippen LogP contribution in [0.3, 0.4) is 0 Å². The predicted molar refractivity (Wildman–Crippen MR) is 126 cm³/mol. The van der Waals surface area contributed by atoms with E-state index in [1.165, 1.54) is 11.3 Å². The molecule has 0 spiro atoms.